The molecule has 0 aliphatic carbocycles. The summed E-state index contributed by atoms with van der Waals surface area (Å²) < 4.78 is 2.06. The minimum Gasteiger partial charge on any atom is -0.364 e. The van der Waals surface area contributed by atoms with Gasteiger partial charge >= 0.3 is 0 Å². The second-order valence-electron chi connectivity index (χ2n) is 5.33. The van der Waals surface area contributed by atoms with Gasteiger partial charge in [0.1, 0.15) is 5.52 Å². The predicted molar refractivity (Wildman–Crippen MR) is 74.0 cm³/mol. The first-order chi connectivity index (χ1) is 8.40. The topological polar surface area (TPSA) is 55.6 Å². The van der Waals surface area contributed by atoms with Crippen molar-refractivity contribution in [2.24, 2.45) is 0 Å². The number of aromatic nitrogens is 4. The smallest absolute Gasteiger partial charge is 0.226 e. The normalized spacial score (nSPS) is 12.1. The summed E-state index contributed by atoms with van der Waals surface area (Å²) in [4.78, 5) is 12.7. The van der Waals surface area contributed by atoms with E-state index in [9.17, 15) is 0 Å². The minimum atomic E-state index is -0.0913. The lowest BCUT2D eigenvalue weighted by molar-refractivity contribution is 0.629. The largest absolute Gasteiger partial charge is 0.364 e. The van der Waals surface area contributed by atoms with Crippen LogP contribution in [0.25, 0.3) is 11.2 Å². The Hall–Kier alpha value is -1.36. The fraction of sp³-hybridized carbons (Fsp3) is 0.583. The molecule has 0 aliphatic heterocycles. The molecule has 0 saturated carbocycles. The number of anilines is 1. The number of nitrogens with zero attached hydrogens (tertiary/aromatic N) is 4. The van der Waals surface area contributed by atoms with Crippen molar-refractivity contribution in [3.05, 3.63) is 11.6 Å². The molecule has 98 valence electrons. The van der Waals surface area contributed by atoms with Crippen molar-refractivity contribution >= 4 is 28.6 Å². The first-order valence-corrected chi connectivity index (χ1v) is 6.45. The molecule has 0 fully saturated rings. The Balaban J connectivity index is 2.57. The van der Waals surface area contributed by atoms with E-state index in [0.717, 1.165) is 24.3 Å². The Labute approximate surface area is 112 Å². The van der Waals surface area contributed by atoms with Crippen molar-refractivity contribution in [1.82, 2.24) is 19.5 Å². The van der Waals surface area contributed by atoms with Crippen molar-refractivity contribution < 1.29 is 0 Å². The summed E-state index contributed by atoms with van der Waals surface area (Å²) in [5.74, 6) is 0.739. The van der Waals surface area contributed by atoms with Gasteiger partial charge in [-0.3, -0.25) is 0 Å². The van der Waals surface area contributed by atoms with E-state index in [0.29, 0.717) is 5.65 Å². The van der Waals surface area contributed by atoms with Crippen LogP contribution in [0.15, 0.2) is 6.33 Å². The highest BCUT2D eigenvalue weighted by Gasteiger charge is 2.17. The molecule has 18 heavy (non-hydrogen) atoms. The molecule has 2 aromatic heterocycles. The maximum absolute atomic E-state index is 5.93. The van der Waals surface area contributed by atoms with E-state index in [1.807, 2.05) is 0 Å². The second kappa shape index (κ2) is 4.72. The van der Waals surface area contributed by atoms with E-state index in [1.165, 1.54) is 0 Å². The predicted octanol–water partition coefficient (Wildman–Crippen LogP) is 3.10. The summed E-state index contributed by atoms with van der Waals surface area (Å²) in [7, 11) is 0. The number of hydrogen-bond donors (Lipinski definition) is 1. The number of imidazole rings is 1. The van der Waals surface area contributed by atoms with Crippen molar-refractivity contribution in [2.75, 3.05) is 5.32 Å². The third-order valence-electron chi connectivity index (χ3n) is 2.40. The minimum absolute atomic E-state index is 0.0913. The zero-order valence-electron chi connectivity index (χ0n) is 11.2. The van der Waals surface area contributed by atoms with E-state index in [4.69, 9.17) is 11.6 Å². The molecule has 0 saturated heterocycles. The molecule has 0 bridgehead atoms. The lowest BCUT2D eigenvalue weighted by Gasteiger charge is -2.22. The van der Waals surface area contributed by atoms with Crippen LogP contribution in [0.5, 0.6) is 0 Å². The average molecular weight is 268 g/mol. The van der Waals surface area contributed by atoms with E-state index < -0.39 is 0 Å². The summed E-state index contributed by atoms with van der Waals surface area (Å²) in [6, 6.07) is 0. The second-order valence-corrected chi connectivity index (χ2v) is 5.66. The van der Waals surface area contributed by atoms with Gasteiger partial charge in [-0.25, -0.2) is 4.98 Å². The van der Waals surface area contributed by atoms with Crippen LogP contribution in [0.1, 0.15) is 34.1 Å². The van der Waals surface area contributed by atoms with Crippen LogP contribution < -0.4 is 5.32 Å². The summed E-state index contributed by atoms with van der Waals surface area (Å²) in [5, 5.41) is 3.57. The van der Waals surface area contributed by atoms with E-state index in [2.05, 4.69) is 52.5 Å². The molecule has 2 heterocycles. The maximum atomic E-state index is 5.93. The van der Waals surface area contributed by atoms with Crippen LogP contribution in [-0.4, -0.2) is 25.1 Å². The third kappa shape index (κ3) is 2.72. The molecule has 2 rings (SSSR count). The quantitative estimate of drug-likeness (QED) is 0.869. The molecule has 6 heteroatoms. The lowest BCUT2D eigenvalue weighted by Crippen LogP contribution is -2.27. The van der Waals surface area contributed by atoms with E-state index >= 15 is 0 Å². The monoisotopic (exact) mass is 267 g/mol. The van der Waals surface area contributed by atoms with Crippen molar-refractivity contribution in [3.63, 3.8) is 0 Å². The SMILES string of the molecule is CCCn1cnc2nc(Cl)nc(NC(C)(C)C)c21. The first kappa shape index (κ1) is 13.1. The molecule has 0 radical (unpaired) electrons. The Morgan fingerprint density at radius 3 is 2.67 bits per heavy atom. The van der Waals surface area contributed by atoms with Crippen LogP contribution in [0, 0.1) is 0 Å². The van der Waals surface area contributed by atoms with Gasteiger partial charge < -0.3 is 9.88 Å². The molecule has 2 aromatic rings. The Bertz CT molecular complexity index is 555. The van der Waals surface area contributed by atoms with Gasteiger partial charge in [-0.2, -0.15) is 9.97 Å². The maximum Gasteiger partial charge on any atom is 0.226 e. The van der Waals surface area contributed by atoms with Crippen molar-refractivity contribution in [1.29, 1.82) is 0 Å². The molecule has 0 amide bonds. The van der Waals surface area contributed by atoms with Gasteiger partial charge in [0.05, 0.1) is 6.33 Å². The molecule has 5 nitrogen and oxygen atoms in total. The summed E-state index contributed by atoms with van der Waals surface area (Å²) in [6.45, 7) is 9.25. The van der Waals surface area contributed by atoms with Crippen LogP contribution in [0.3, 0.4) is 0 Å². The van der Waals surface area contributed by atoms with Crippen LogP contribution >= 0.6 is 11.6 Å². The number of halogens is 1. The fourth-order valence-electron chi connectivity index (χ4n) is 1.81. The molecule has 0 atom stereocenters. The van der Waals surface area contributed by atoms with Crippen LogP contribution in [-0.2, 0) is 6.54 Å². The Kier molecular flexibility index (Phi) is 3.43. The molecular formula is C12H18ClN5. The third-order valence-corrected chi connectivity index (χ3v) is 2.57. The highest BCUT2D eigenvalue weighted by atomic mass is 35.5. The molecule has 0 unspecified atom stereocenters. The summed E-state index contributed by atoms with van der Waals surface area (Å²) in [6.07, 6.45) is 2.82. The Morgan fingerprint density at radius 1 is 1.33 bits per heavy atom. The number of nitrogens with one attached hydrogen (secondary N) is 1. The number of fused-ring (bicyclic) bond motifs is 1. The average Bonchev–Trinajstić information content (AvgIpc) is 2.59. The zero-order chi connectivity index (χ0) is 13.3. The van der Waals surface area contributed by atoms with Crippen LogP contribution in [0.4, 0.5) is 5.82 Å². The van der Waals surface area contributed by atoms with Gasteiger partial charge in [0.25, 0.3) is 0 Å². The van der Waals surface area contributed by atoms with Crippen molar-refractivity contribution in [2.45, 2.75) is 46.2 Å². The van der Waals surface area contributed by atoms with Gasteiger partial charge in [-0.1, -0.05) is 6.92 Å². The number of aryl methyl sites for hydroxylation is 1. The summed E-state index contributed by atoms with van der Waals surface area (Å²) in [5.41, 5.74) is 1.46. The van der Waals surface area contributed by atoms with Gasteiger partial charge in [-0.15, -0.1) is 0 Å². The van der Waals surface area contributed by atoms with Gasteiger partial charge in [0.15, 0.2) is 11.5 Å². The molecular weight excluding hydrogens is 250 g/mol. The zero-order valence-corrected chi connectivity index (χ0v) is 11.9. The molecule has 1 N–H and O–H groups in total. The van der Waals surface area contributed by atoms with Gasteiger partial charge in [0, 0.05) is 12.1 Å². The van der Waals surface area contributed by atoms with Gasteiger partial charge in [-0.05, 0) is 38.8 Å². The standard InChI is InChI=1S/C12H18ClN5/c1-5-6-18-7-14-9-8(18)10(16-11(13)15-9)17-12(2,3)4/h7H,5-6H2,1-4H3,(H,15,16,17). The molecule has 0 aromatic carbocycles. The van der Waals surface area contributed by atoms with Crippen LogP contribution in [0.2, 0.25) is 5.28 Å². The fourth-order valence-corrected chi connectivity index (χ4v) is 1.97. The van der Waals surface area contributed by atoms with E-state index in [1.54, 1.807) is 6.33 Å². The Morgan fingerprint density at radius 2 is 2.06 bits per heavy atom. The highest BCUT2D eigenvalue weighted by molar-refractivity contribution is 6.28. The van der Waals surface area contributed by atoms with Gasteiger partial charge in [0.2, 0.25) is 5.28 Å². The summed E-state index contributed by atoms with van der Waals surface area (Å²) >= 11 is 5.93. The highest BCUT2D eigenvalue weighted by Crippen LogP contribution is 2.24. The van der Waals surface area contributed by atoms with Crippen molar-refractivity contribution in [3.8, 4) is 0 Å². The molecule has 0 spiro atoms. The number of rotatable bonds is 3. The molecule has 0 aliphatic rings. The number of hydrogen-bond acceptors (Lipinski definition) is 4. The lowest BCUT2D eigenvalue weighted by atomic mass is 10.1. The van der Waals surface area contributed by atoms with E-state index in [-0.39, 0.29) is 10.8 Å². The first-order valence-electron chi connectivity index (χ1n) is 6.07.